The molecule has 6 atom stereocenters. The van der Waals surface area contributed by atoms with Gasteiger partial charge in [-0.3, -0.25) is 4.79 Å². The minimum absolute atomic E-state index is 0.0112. The molecule has 4 fully saturated rings. The highest BCUT2D eigenvalue weighted by molar-refractivity contribution is 5.85. The van der Waals surface area contributed by atoms with Crippen molar-refractivity contribution in [1.29, 1.82) is 0 Å². The first kappa shape index (κ1) is 9.95. The fourth-order valence-electron chi connectivity index (χ4n) is 4.37. The van der Waals surface area contributed by atoms with E-state index in [0.29, 0.717) is 23.5 Å². The van der Waals surface area contributed by atoms with Crippen LogP contribution in [-0.4, -0.2) is 29.9 Å². The van der Waals surface area contributed by atoms with Crippen molar-refractivity contribution in [3.8, 4) is 0 Å². The quantitative estimate of drug-likeness (QED) is 0.583. The Kier molecular flexibility index (Phi) is 1.67. The van der Waals surface area contributed by atoms with Crippen LogP contribution in [0.5, 0.6) is 0 Å². The largest absolute Gasteiger partial charge is 0.488 e. The summed E-state index contributed by atoms with van der Waals surface area (Å²) >= 11 is 0. The van der Waals surface area contributed by atoms with Crippen molar-refractivity contribution in [3.05, 3.63) is 11.8 Å². The normalized spacial score (nSPS) is 53.6. The molecule has 0 amide bonds. The highest BCUT2D eigenvalue weighted by Gasteiger charge is 2.84. The summed E-state index contributed by atoms with van der Waals surface area (Å²) in [6.07, 6.45) is 3.84. The van der Waals surface area contributed by atoms with Gasteiger partial charge in [0.1, 0.15) is 24.6 Å². The number of rotatable bonds is 3. The summed E-state index contributed by atoms with van der Waals surface area (Å²) in [7, 11) is 0. The van der Waals surface area contributed by atoms with Crippen LogP contribution in [0.1, 0.15) is 19.8 Å². The Morgan fingerprint density at radius 3 is 3.24 bits per heavy atom. The van der Waals surface area contributed by atoms with E-state index in [0.717, 1.165) is 12.8 Å². The van der Waals surface area contributed by atoms with Gasteiger partial charge in [0.05, 0.1) is 5.41 Å². The van der Waals surface area contributed by atoms with Crippen molar-refractivity contribution >= 4 is 5.97 Å². The topological polar surface area (TPSA) is 55.8 Å². The summed E-state index contributed by atoms with van der Waals surface area (Å²) in [5.41, 5.74) is -0.107. The van der Waals surface area contributed by atoms with Crippen LogP contribution in [0.4, 0.5) is 0 Å². The minimum atomic E-state index is -0.107. The number of aliphatic hydroxyl groups is 1. The van der Waals surface area contributed by atoms with Crippen molar-refractivity contribution in [3.63, 3.8) is 0 Å². The van der Waals surface area contributed by atoms with E-state index in [1.165, 1.54) is 0 Å². The summed E-state index contributed by atoms with van der Waals surface area (Å²) in [6.45, 7) is 1.76. The molecule has 1 heterocycles. The maximum atomic E-state index is 11.9. The summed E-state index contributed by atoms with van der Waals surface area (Å²) in [4.78, 5) is 11.9. The lowest BCUT2D eigenvalue weighted by atomic mass is 9.65. The van der Waals surface area contributed by atoms with E-state index in [-0.39, 0.29) is 30.2 Å². The van der Waals surface area contributed by atoms with Crippen molar-refractivity contribution in [2.75, 3.05) is 6.61 Å². The van der Waals surface area contributed by atoms with Gasteiger partial charge in [0.15, 0.2) is 0 Å². The van der Waals surface area contributed by atoms with E-state index in [1.807, 2.05) is 6.92 Å². The second-order valence-electron chi connectivity index (χ2n) is 5.73. The number of aliphatic hydroxyl groups excluding tert-OH is 1. The predicted molar refractivity (Wildman–Crippen MR) is 57.7 cm³/mol. The maximum Gasteiger partial charge on any atom is 0.313 e. The third-order valence-electron chi connectivity index (χ3n) is 5.25. The molecule has 0 aromatic heterocycles. The molecule has 0 aromatic carbocycles. The highest BCUT2D eigenvalue weighted by Crippen LogP contribution is 2.78. The Morgan fingerprint density at radius 2 is 2.53 bits per heavy atom. The Hall–Kier alpha value is -1.03. The van der Waals surface area contributed by atoms with E-state index >= 15 is 0 Å². The van der Waals surface area contributed by atoms with E-state index < -0.39 is 0 Å². The number of ether oxygens (including phenoxy) is 2. The van der Waals surface area contributed by atoms with Crippen molar-refractivity contribution in [2.45, 2.75) is 32.0 Å². The van der Waals surface area contributed by atoms with Crippen LogP contribution in [0.15, 0.2) is 11.8 Å². The standard InChI is InChI=1S/C13H16O4/c1-2-7(5-14)16-10-8-3-6-4-13(6)9(8)11(10)17-12(13)15/h2,6,8-11,14H,3-5H2,1H3/b7-2-. The van der Waals surface area contributed by atoms with Gasteiger partial charge < -0.3 is 14.6 Å². The smallest absolute Gasteiger partial charge is 0.313 e. The van der Waals surface area contributed by atoms with E-state index in [4.69, 9.17) is 14.6 Å². The predicted octanol–water partition coefficient (Wildman–Crippen LogP) is 0.849. The van der Waals surface area contributed by atoms with Crippen LogP contribution in [0.3, 0.4) is 0 Å². The molecule has 0 bridgehead atoms. The molecule has 3 saturated carbocycles. The third-order valence-corrected chi connectivity index (χ3v) is 5.25. The summed E-state index contributed by atoms with van der Waals surface area (Å²) in [6, 6.07) is 0. The third kappa shape index (κ3) is 0.932. The maximum absolute atomic E-state index is 11.9. The first-order chi connectivity index (χ1) is 8.22. The summed E-state index contributed by atoms with van der Waals surface area (Å²) < 4.78 is 11.2. The zero-order valence-electron chi connectivity index (χ0n) is 9.76. The van der Waals surface area contributed by atoms with Gasteiger partial charge >= 0.3 is 5.97 Å². The zero-order chi connectivity index (χ0) is 11.8. The lowest BCUT2D eigenvalue weighted by Crippen LogP contribution is -2.55. The number of hydrogen-bond donors (Lipinski definition) is 1. The molecule has 4 rings (SSSR count). The van der Waals surface area contributed by atoms with Gasteiger partial charge in [-0.2, -0.15) is 0 Å². The first-order valence-electron chi connectivity index (χ1n) is 6.36. The summed E-state index contributed by atoms with van der Waals surface area (Å²) in [5.74, 6) is 2.02. The van der Waals surface area contributed by atoms with Gasteiger partial charge in [-0.05, 0) is 31.8 Å². The van der Waals surface area contributed by atoms with Crippen LogP contribution in [0, 0.1) is 23.2 Å². The molecule has 1 spiro atoms. The molecular weight excluding hydrogens is 220 g/mol. The van der Waals surface area contributed by atoms with Crippen LogP contribution in [0.2, 0.25) is 0 Å². The number of carbonyl (C=O) groups excluding carboxylic acids is 1. The Labute approximate surface area is 99.6 Å². The highest BCUT2D eigenvalue weighted by atomic mass is 16.6. The SMILES string of the molecule is C/C=C(/CO)OC1C2CC3CC34C(=O)OC1C24. The van der Waals surface area contributed by atoms with Gasteiger partial charge in [-0.1, -0.05) is 0 Å². The minimum Gasteiger partial charge on any atom is -0.488 e. The average molecular weight is 236 g/mol. The van der Waals surface area contributed by atoms with Crippen LogP contribution < -0.4 is 0 Å². The lowest BCUT2D eigenvalue weighted by Gasteiger charge is -2.45. The first-order valence-corrected chi connectivity index (χ1v) is 6.36. The molecule has 0 radical (unpaired) electrons. The average Bonchev–Trinajstić information content (AvgIpc) is 2.86. The van der Waals surface area contributed by atoms with Crippen LogP contribution in [0.25, 0.3) is 0 Å². The molecule has 4 heteroatoms. The number of esters is 1. The van der Waals surface area contributed by atoms with E-state index in [1.54, 1.807) is 6.08 Å². The Bertz CT molecular complexity index is 429. The van der Waals surface area contributed by atoms with Crippen LogP contribution in [-0.2, 0) is 14.3 Å². The summed E-state index contributed by atoms with van der Waals surface area (Å²) in [5, 5.41) is 9.11. The Balaban J connectivity index is 1.57. The molecule has 1 aliphatic heterocycles. The van der Waals surface area contributed by atoms with Gasteiger partial charge in [-0.25, -0.2) is 0 Å². The van der Waals surface area contributed by atoms with Crippen molar-refractivity contribution in [1.82, 2.24) is 0 Å². The van der Waals surface area contributed by atoms with Gasteiger partial charge in [0.2, 0.25) is 0 Å². The second kappa shape index (κ2) is 2.86. The number of allylic oxidation sites excluding steroid dienone is 1. The van der Waals surface area contributed by atoms with E-state index in [9.17, 15) is 4.79 Å². The molecule has 92 valence electrons. The Morgan fingerprint density at radius 1 is 1.71 bits per heavy atom. The number of hydrogen-bond acceptors (Lipinski definition) is 4. The van der Waals surface area contributed by atoms with E-state index in [2.05, 4.69) is 0 Å². The monoisotopic (exact) mass is 236 g/mol. The molecule has 1 N–H and O–H groups in total. The molecule has 17 heavy (non-hydrogen) atoms. The molecule has 4 nitrogen and oxygen atoms in total. The molecule has 4 aliphatic rings. The molecule has 6 unspecified atom stereocenters. The van der Waals surface area contributed by atoms with Gasteiger partial charge in [0, 0.05) is 11.8 Å². The van der Waals surface area contributed by atoms with Crippen molar-refractivity contribution < 1.29 is 19.4 Å². The van der Waals surface area contributed by atoms with Gasteiger partial charge in [-0.15, -0.1) is 0 Å². The number of carbonyl (C=O) groups is 1. The molecule has 3 aliphatic carbocycles. The van der Waals surface area contributed by atoms with Crippen molar-refractivity contribution in [2.24, 2.45) is 23.2 Å². The lowest BCUT2D eigenvalue weighted by molar-refractivity contribution is -0.168. The zero-order valence-corrected chi connectivity index (χ0v) is 9.76. The fraction of sp³-hybridized carbons (Fsp3) is 0.769. The van der Waals surface area contributed by atoms with Gasteiger partial charge in [0.25, 0.3) is 0 Å². The molecule has 1 saturated heterocycles. The van der Waals surface area contributed by atoms with Crippen LogP contribution >= 0.6 is 0 Å². The second-order valence-corrected chi connectivity index (χ2v) is 5.73. The molecule has 0 aromatic rings. The fourth-order valence-corrected chi connectivity index (χ4v) is 4.37. The molecular formula is C13H16O4.